The van der Waals surface area contributed by atoms with E-state index in [1.807, 2.05) is 37.4 Å². The van der Waals surface area contributed by atoms with Gasteiger partial charge in [0.05, 0.1) is 6.61 Å². The molecule has 5 nitrogen and oxygen atoms in total. The Kier molecular flexibility index (Phi) is 5.47. The Balaban J connectivity index is 1.62. The first-order valence-corrected chi connectivity index (χ1v) is 9.53. The summed E-state index contributed by atoms with van der Waals surface area (Å²) in [6, 6.07) is 17.6. The molecule has 0 aliphatic heterocycles. The number of nitrogens with one attached hydrogen (secondary N) is 1. The van der Waals surface area contributed by atoms with Crippen LogP contribution >= 0.6 is 0 Å². The number of hydrogen-bond donors (Lipinski definition) is 1. The maximum absolute atomic E-state index is 12.4. The van der Waals surface area contributed by atoms with Crippen molar-refractivity contribution in [3.63, 3.8) is 0 Å². The molecular weight excluding hydrogens is 362 g/mol. The van der Waals surface area contributed by atoms with Gasteiger partial charge in [-0.1, -0.05) is 24.3 Å². The molecule has 2 heterocycles. The number of carbonyl (C=O) groups excluding carboxylic acids is 1. The van der Waals surface area contributed by atoms with Crippen LogP contribution in [0.4, 0.5) is 0 Å². The quantitative estimate of drug-likeness (QED) is 0.527. The van der Waals surface area contributed by atoms with E-state index in [0.717, 1.165) is 33.2 Å². The number of aromatic nitrogens is 2. The molecule has 0 saturated heterocycles. The summed E-state index contributed by atoms with van der Waals surface area (Å²) in [6.07, 6.45) is 6.86. The number of hydrogen-bond acceptors (Lipinski definition) is 4. The molecule has 1 N–H and O–H groups in total. The number of ether oxygens (including phenoxy) is 1. The standard InChI is InChI=1S/C24H21N3O2/c1-2-29-20-6-3-17(4-7-20)21-8-5-19(23-16-26-14-11-22(21)23)15-27-24(28)18-9-12-25-13-10-18/h3-14,16H,2,15H2,1H3,(H,27,28). The number of rotatable bonds is 6. The Hall–Kier alpha value is -3.73. The highest BCUT2D eigenvalue weighted by Gasteiger charge is 2.10. The van der Waals surface area contributed by atoms with Gasteiger partial charge in [0.2, 0.25) is 0 Å². The Labute approximate surface area is 169 Å². The molecule has 0 aliphatic rings. The van der Waals surface area contributed by atoms with Gasteiger partial charge in [-0.15, -0.1) is 0 Å². The normalized spacial score (nSPS) is 10.7. The van der Waals surface area contributed by atoms with Crippen LogP contribution in [0.3, 0.4) is 0 Å². The topological polar surface area (TPSA) is 64.1 Å². The first-order chi connectivity index (χ1) is 14.3. The zero-order chi connectivity index (χ0) is 20.1. The summed E-state index contributed by atoms with van der Waals surface area (Å²) in [5.41, 5.74) is 3.84. The van der Waals surface area contributed by atoms with Crippen LogP contribution in [-0.4, -0.2) is 22.5 Å². The zero-order valence-electron chi connectivity index (χ0n) is 16.1. The summed E-state index contributed by atoms with van der Waals surface area (Å²) in [6.45, 7) is 3.04. The van der Waals surface area contributed by atoms with Crippen molar-refractivity contribution in [3.05, 3.63) is 90.5 Å². The Morgan fingerprint density at radius 1 is 0.897 bits per heavy atom. The molecule has 29 heavy (non-hydrogen) atoms. The van der Waals surface area contributed by atoms with E-state index in [1.165, 1.54) is 0 Å². The summed E-state index contributed by atoms with van der Waals surface area (Å²) >= 11 is 0. The Bertz CT molecular complexity index is 1130. The van der Waals surface area contributed by atoms with Crippen LogP contribution in [0.15, 0.2) is 79.4 Å². The largest absolute Gasteiger partial charge is 0.494 e. The van der Waals surface area contributed by atoms with E-state index >= 15 is 0 Å². The van der Waals surface area contributed by atoms with Crippen LogP contribution in [0.25, 0.3) is 21.9 Å². The molecule has 0 bridgehead atoms. The molecule has 4 aromatic rings. The van der Waals surface area contributed by atoms with Crippen LogP contribution in [0.1, 0.15) is 22.8 Å². The van der Waals surface area contributed by atoms with E-state index in [2.05, 4.69) is 33.5 Å². The van der Waals surface area contributed by atoms with E-state index in [4.69, 9.17) is 4.74 Å². The summed E-state index contributed by atoms with van der Waals surface area (Å²) in [4.78, 5) is 20.6. The number of carbonyl (C=O) groups is 1. The third kappa shape index (κ3) is 4.09. The lowest BCUT2D eigenvalue weighted by Crippen LogP contribution is -2.22. The Morgan fingerprint density at radius 3 is 2.41 bits per heavy atom. The average Bonchev–Trinajstić information content (AvgIpc) is 2.78. The van der Waals surface area contributed by atoms with Crippen molar-refractivity contribution in [2.75, 3.05) is 6.61 Å². The third-order valence-electron chi connectivity index (χ3n) is 4.77. The predicted molar refractivity (Wildman–Crippen MR) is 114 cm³/mol. The molecule has 1 amide bonds. The van der Waals surface area contributed by atoms with Crippen molar-refractivity contribution in [2.24, 2.45) is 0 Å². The highest BCUT2D eigenvalue weighted by Crippen LogP contribution is 2.31. The van der Waals surface area contributed by atoms with E-state index in [9.17, 15) is 4.79 Å². The summed E-state index contributed by atoms with van der Waals surface area (Å²) in [5, 5.41) is 5.10. The van der Waals surface area contributed by atoms with Gasteiger partial charge in [0.25, 0.3) is 5.91 Å². The van der Waals surface area contributed by atoms with E-state index in [0.29, 0.717) is 18.7 Å². The van der Waals surface area contributed by atoms with Gasteiger partial charge in [-0.2, -0.15) is 0 Å². The monoisotopic (exact) mass is 383 g/mol. The van der Waals surface area contributed by atoms with Gasteiger partial charge in [-0.25, -0.2) is 0 Å². The minimum atomic E-state index is -0.125. The lowest BCUT2D eigenvalue weighted by atomic mass is 9.96. The zero-order valence-corrected chi connectivity index (χ0v) is 16.1. The third-order valence-corrected chi connectivity index (χ3v) is 4.77. The summed E-state index contributed by atoms with van der Waals surface area (Å²) in [7, 11) is 0. The first kappa shape index (κ1) is 18.6. The number of pyridine rings is 2. The van der Waals surface area contributed by atoms with Gasteiger partial charge in [-0.3, -0.25) is 14.8 Å². The van der Waals surface area contributed by atoms with Crippen molar-refractivity contribution >= 4 is 16.7 Å². The number of fused-ring (bicyclic) bond motifs is 1. The second kappa shape index (κ2) is 8.52. The van der Waals surface area contributed by atoms with Crippen LogP contribution in [0, 0.1) is 0 Å². The fraction of sp³-hybridized carbons (Fsp3) is 0.125. The number of nitrogens with zero attached hydrogens (tertiary/aromatic N) is 2. The SMILES string of the molecule is CCOc1ccc(-c2ccc(CNC(=O)c3ccncc3)c3cnccc23)cc1. The minimum Gasteiger partial charge on any atom is -0.494 e. The maximum Gasteiger partial charge on any atom is 0.251 e. The van der Waals surface area contributed by atoms with Crippen LogP contribution < -0.4 is 10.1 Å². The minimum absolute atomic E-state index is 0.125. The number of amides is 1. The molecule has 0 spiro atoms. The second-order valence-electron chi connectivity index (χ2n) is 6.57. The van der Waals surface area contributed by atoms with Crippen LogP contribution in [0.5, 0.6) is 5.75 Å². The van der Waals surface area contributed by atoms with Crippen LogP contribution in [0.2, 0.25) is 0 Å². The second-order valence-corrected chi connectivity index (χ2v) is 6.57. The molecule has 0 radical (unpaired) electrons. The molecule has 0 aliphatic carbocycles. The highest BCUT2D eigenvalue weighted by molar-refractivity contribution is 5.99. The van der Waals surface area contributed by atoms with Crippen molar-refractivity contribution < 1.29 is 9.53 Å². The molecule has 0 atom stereocenters. The lowest BCUT2D eigenvalue weighted by molar-refractivity contribution is 0.0951. The van der Waals surface area contributed by atoms with Crippen molar-refractivity contribution in [1.29, 1.82) is 0 Å². The smallest absolute Gasteiger partial charge is 0.251 e. The molecule has 144 valence electrons. The van der Waals surface area contributed by atoms with Gasteiger partial charge in [0, 0.05) is 42.3 Å². The Morgan fingerprint density at radius 2 is 1.66 bits per heavy atom. The molecule has 0 saturated carbocycles. The maximum atomic E-state index is 12.4. The first-order valence-electron chi connectivity index (χ1n) is 9.53. The molecular formula is C24H21N3O2. The lowest BCUT2D eigenvalue weighted by Gasteiger charge is -2.13. The molecule has 0 fully saturated rings. The fourth-order valence-corrected chi connectivity index (χ4v) is 3.33. The van der Waals surface area contributed by atoms with Crippen molar-refractivity contribution in [2.45, 2.75) is 13.5 Å². The fourth-order valence-electron chi connectivity index (χ4n) is 3.33. The summed E-state index contributed by atoms with van der Waals surface area (Å²) < 4.78 is 5.54. The molecule has 2 aromatic heterocycles. The molecule has 5 heteroatoms. The number of benzene rings is 2. The highest BCUT2D eigenvalue weighted by atomic mass is 16.5. The van der Waals surface area contributed by atoms with Gasteiger partial charge >= 0.3 is 0 Å². The predicted octanol–water partition coefficient (Wildman–Crippen LogP) is 4.63. The molecule has 0 unspecified atom stereocenters. The van der Waals surface area contributed by atoms with Gasteiger partial charge in [0.1, 0.15) is 5.75 Å². The van der Waals surface area contributed by atoms with Crippen LogP contribution in [-0.2, 0) is 6.54 Å². The average molecular weight is 383 g/mol. The molecule has 2 aromatic carbocycles. The van der Waals surface area contributed by atoms with Gasteiger partial charge < -0.3 is 10.1 Å². The van der Waals surface area contributed by atoms with Crippen molar-refractivity contribution in [3.8, 4) is 16.9 Å². The van der Waals surface area contributed by atoms with E-state index < -0.39 is 0 Å². The van der Waals surface area contributed by atoms with Crippen molar-refractivity contribution in [1.82, 2.24) is 15.3 Å². The van der Waals surface area contributed by atoms with E-state index in [1.54, 1.807) is 30.7 Å². The van der Waals surface area contributed by atoms with E-state index in [-0.39, 0.29) is 5.91 Å². The van der Waals surface area contributed by atoms with Gasteiger partial charge in [0.15, 0.2) is 0 Å². The molecule has 4 rings (SSSR count). The summed E-state index contributed by atoms with van der Waals surface area (Å²) in [5.74, 6) is 0.734. The van der Waals surface area contributed by atoms with Gasteiger partial charge in [-0.05, 0) is 59.3 Å².